The van der Waals surface area contributed by atoms with E-state index in [9.17, 15) is 4.79 Å². The van der Waals surface area contributed by atoms with Gasteiger partial charge in [0.1, 0.15) is 0 Å². The molecule has 0 rings (SSSR count). The van der Waals surface area contributed by atoms with Crippen molar-refractivity contribution in [2.45, 2.75) is 26.7 Å². The Balaban J connectivity index is 3.47. The van der Waals surface area contributed by atoms with Crippen LogP contribution in [0.25, 0.3) is 0 Å². The van der Waals surface area contributed by atoms with Crippen LogP contribution in [0.4, 0.5) is 0 Å². The quantitative estimate of drug-likeness (QED) is 0.322. The summed E-state index contributed by atoms with van der Waals surface area (Å²) in [5.74, 6) is 5.13. The first-order valence-electron chi connectivity index (χ1n) is 3.41. The Hall–Kier alpha value is -1.03. The zero-order valence-electron chi connectivity index (χ0n) is 6.48. The van der Waals surface area contributed by atoms with Crippen LogP contribution in [0, 0.1) is 11.8 Å². The van der Waals surface area contributed by atoms with Crippen LogP contribution in [0.3, 0.4) is 0 Å². The van der Waals surface area contributed by atoms with Gasteiger partial charge in [-0.2, -0.15) is 0 Å². The van der Waals surface area contributed by atoms with Crippen LogP contribution in [0.5, 0.6) is 0 Å². The maximum atomic E-state index is 10.3. The molecule has 0 bridgehead atoms. The maximum Gasteiger partial charge on any atom is 0.202 e. The van der Waals surface area contributed by atoms with E-state index in [0.29, 0.717) is 6.42 Å². The third-order valence-electron chi connectivity index (χ3n) is 0.887. The van der Waals surface area contributed by atoms with E-state index in [2.05, 4.69) is 18.8 Å². The zero-order valence-corrected chi connectivity index (χ0v) is 6.48. The number of Topliss-reactive ketones (excluding diaryl/α,β-unsaturated/α-hetero) is 1. The second-order valence-corrected chi connectivity index (χ2v) is 1.94. The maximum absolute atomic E-state index is 10.3. The van der Waals surface area contributed by atoms with Crippen molar-refractivity contribution in [2.75, 3.05) is 0 Å². The molecule has 1 nitrogen and oxygen atoms in total. The van der Waals surface area contributed by atoms with Crippen molar-refractivity contribution in [3.8, 4) is 11.8 Å². The zero-order chi connectivity index (χ0) is 7.82. The van der Waals surface area contributed by atoms with Gasteiger partial charge in [0.15, 0.2) is 0 Å². The van der Waals surface area contributed by atoms with Gasteiger partial charge in [-0.05, 0) is 12.3 Å². The number of ketones is 1. The molecule has 0 unspecified atom stereocenters. The fourth-order valence-electron chi connectivity index (χ4n) is 0.484. The molecular weight excluding hydrogens is 124 g/mol. The summed E-state index contributed by atoms with van der Waals surface area (Å²) in [5.41, 5.74) is 0. The molecule has 54 valence electrons. The summed E-state index contributed by atoms with van der Waals surface area (Å²) in [4.78, 5) is 10.3. The Morgan fingerprint density at radius 3 is 2.70 bits per heavy atom. The lowest BCUT2D eigenvalue weighted by atomic mass is 10.3. The topological polar surface area (TPSA) is 17.1 Å². The molecule has 0 atom stereocenters. The van der Waals surface area contributed by atoms with Gasteiger partial charge < -0.3 is 0 Å². The van der Waals surface area contributed by atoms with Gasteiger partial charge in [-0.15, -0.1) is 0 Å². The summed E-state index contributed by atoms with van der Waals surface area (Å²) in [5, 5.41) is 0. The van der Waals surface area contributed by atoms with Crippen molar-refractivity contribution < 1.29 is 4.79 Å². The number of hydrogen-bond donors (Lipinski definition) is 0. The summed E-state index contributed by atoms with van der Waals surface area (Å²) >= 11 is 0. The lowest BCUT2D eigenvalue weighted by Crippen LogP contribution is -1.79. The highest BCUT2D eigenvalue weighted by Crippen LogP contribution is 1.83. The van der Waals surface area contributed by atoms with E-state index in [1.54, 1.807) is 0 Å². The number of hydrogen-bond acceptors (Lipinski definition) is 1. The van der Waals surface area contributed by atoms with E-state index in [0.717, 1.165) is 6.42 Å². The molecule has 0 aromatic carbocycles. The van der Waals surface area contributed by atoms with Crippen LogP contribution in [0.1, 0.15) is 26.7 Å². The molecule has 1 heteroatoms. The Morgan fingerprint density at radius 1 is 1.50 bits per heavy atom. The predicted molar refractivity (Wildman–Crippen MR) is 42.5 cm³/mol. The molecule has 0 amide bonds. The Labute approximate surface area is 62.1 Å². The summed E-state index contributed by atoms with van der Waals surface area (Å²) in [7, 11) is 0. The Morgan fingerprint density at radius 2 is 2.20 bits per heavy atom. The minimum absolute atomic E-state index is 0.0649. The molecule has 0 N–H and O–H groups in total. The lowest BCUT2D eigenvalue weighted by molar-refractivity contribution is -0.111. The van der Waals surface area contributed by atoms with Crippen LogP contribution in [-0.2, 0) is 4.79 Å². The minimum atomic E-state index is -0.0649. The van der Waals surface area contributed by atoms with Gasteiger partial charge in [0, 0.05) is 13.3 Å². The van der Waals surface area contributed by atoms with Crippen molar-refractivity contribution in [2.24, 2.45) is 0 Å². The number of rotatable bonds is 2. The standard InChI is InChI=1S/C9H12O/c1-3-4-5-6-7-8-9(2)10/h4-5H,3,6H2,1-2H3/b5-4+. The van der Waals surface area contributed by atoms with Crippen molar-refractivity contribution in [3.63, 3.8) is 0 Å². The monoisotopic (exact) mass is 136 g/mol. The third-order valence-corrected chi connectivity index (χ3v) is 0.887. The smallest absolute Gasteiger partial charge is 0.202 e. The van der Waals surface area contributed by atoms with Crippen molar-refractivity contribution in [1.29, 1.82) is 0 Å². The Bertz CT molecular complexity index is 179. The van der Waals surface area contributed by atoms with Gasteiger partial charge >= 0.3 is 0 Å². The molecule has 0 aromatic rings. The van der Waals surface area contributed by atoms with Crippen LogP contribution in [-0.4, -0.2) is 5.78 Å². The first-order valence-corrected chi connectivity index (χ1v) is 3.41. The van der Waals surface area contributed by atoms with Crippen LogP contribution >= 0.6 is 0 Å². The van der Waals surface area contributed by atoms with Crippen molar-refractivity contribution >= 4 is 5.78 Å². The highest BCUT2D eigenvalue weighted by molar-refractivity contribution is 5.93. The highest BCUT2D eigenvalue weighted by Gasteiger charge is 1.76. The average molecular weight is 136 g/mol. The van der Waals surface area contributed by atoms with Crippen LogP contribution < -0.4 is 0 Å². The van der Waals surface area contributed by atoms with E-state index < -0.39 is 0 Å². The second kappa shape index (κ2) is 6.10. The van der Waals surface area contributed by atoms with Gasteiger partial charge in [-0.1, -0.05) is 25.0 Å². The van der Waals surface area contributed by atoms with Gasteiger partial charge in [0.25, 0.3) is 0 Å². The van der Waals surface area contributed by atoms with Gasteiger partial charge in [0.05, 0.1) is 0 Å². The summed E-state index contributed by atoms with van der Waals surface area (Å²) < 4.78 is 0. The summed E-state index contributed by atoms with van der Waals surface area (Å²) in [6.45, 7) is 3.53. The molecule has 0 spiro atoms. The molecule has 0 saturated carbocycles. The normalized spacial score (nSPS) is 9.00. The van der Waals surface area contributed by atoms with Crippen LogP contribution in [0.15, 0.2) is 12.2 Å². The van der Waals surface area contributed by atoms with E-state index in [-0.39, 0.29) is 5.78 Å². The highest BCUT2D eigenvalue weighted by atomic mass is 16.1. The molecule has 0 heterocycles. The molecule has 0 saturated heterocycles. The third kappa shape index (κ3) is 6.97. The van der Waals surface area contributed by atoms with Crippen molar-refractivity contribution in [3.05, 3.63) is 12.2 Å². The molecule has 0 fully saturated rings. The predicted octanol–water partition coefficient (Wildman–Crippen LogP) is 1.94. The second-order valence-electron chi connectivity index (χ2n) is 1.94. The fourth-order valence-corrected chi connectivity index (χ4v) is 0.484. The number of allylic oxidation sites excluding steroid dienone is 2. The number of carbonyl (C=O) groups excluding carboxylic acids is 1. The molecule has 0 radical (unpaired) electrons. The molecule has 0 aromatic heterocycles. The van der Waals surface area contributed by atoms with Crippen molar-refractivity contribution in [1.82, 2.24) is 0 Å². The SMILES string of the molecule is CC/C=C/CC#CC(C)=O. The minimum Gasteiger partial charge on any atom is -0.285 e. The first-order chi connectivity index (χ1) is 4.77. The average Bonchev–Trinajstić information content (AvgIpc) is 1.87. The lowest BCUT2D eigenvalue weighted by Gasteiger charge is -1.75. The first kappa shape index (κ1) is 8.97. The van der Waals surface area contributed by atoms with Crippen LogP contribution in [0.2, 0.25) is 0 Å². The fraction of sp³-hybridized carbons (Fsp3) is 0.444. The van der Waals surface area contributed by atoms with Gasteiger partial charge in [-0.25, -0.2) is 0 Å². The largest absolute Gasteiger partial charge is 0.285 e. The molecule has 0 aliphatic rings. The Kier molecular flexibility index (Phi) is 5.47. The molecule has 0 aliphatic heterocycles. The summed E-state index contributed by atoms with van der Waals surface area (Å²) in [6, 6.07) is 0. The van der Waals surface area contributed by atoms with Gasteiger partial charge in [0.2, 0.25) is 5.78 Å². The van der Waals surface area contributed by atoms with E-state index in [1.807, 2.05) is 12.2 Å². The van der Waals surface area contributed by atoms with E-state index in [4.69, 9.17) is 0 Å². The van der Waals surface area contributed by atoms with E-state index in [1.165, 1.54) is 6.92 Å². The van der Waals surface area contributed by atoms with E-state index >= 15 is 0 Å². The molecule has 0 aliphatic carbocycles. The van der Waals surface area contributed by atoms with Gasteiger partial charge in [-0.3, -0.25) is 4.79 Å². The summed E-state index contributed by atoms with van der Waals surface area (Å²) in [6.07, 6.45) is 5.72. The molecule has 10 heavy (non-hydrogen) atoms. The molecular formula is C9H12O. The number of carbonyl (C=O) groups is 1.